The van der Waals surface area contributed by atoms with Gasteiger partial charge in [0.15, 0.2) is 5.82 Å². The van der Waals surface area contributed by atoms with Crippen molar-refractivity contribution in [3.05, 3.63) is 48.4 Å². The highest BCUT2D eigenvalue weighted by Gasteiger charge is 2.45. The van der Waals surface area contributed by atoms with Gasteiger partial charge in [-0.2, -0.15) is 15.4 Å². The summed E-state index contributed by atoms with van der Waals surface area (Å²) in [7, 11) is 0. The molecule has 2 N–H and O–H groups in total. The lowest BCUT2D eigenvalue weighted by Gasteiger charge is -2.47. The highest BCUT2D eigenvalue weighted by atomic mass is 19.1. The van der Waals surface area contributed by atoms with Crippen LogP contribution in [0.2, 0.25) is 0 Å². The molecule has 0 saturated carbocycles. The van der Waals surface area contributed by atoms with Crippen LogP contribution in [-0.4, -0.2) is 75.4 Å². The summed E-state index contributed by atoms with van der Waals surface area (Å²) in [4.78, 5) is 24.5. The van der Waals surface area contributed by atoms with E-state index in [1.54, 1.807) is 18.3 Å². The van der Waals surface area contributed by atoms with Crippen molar-refractivity contribution in [1.82, 2.24) is 25.3 Å². The Morgan fingerprint density at radius 1 is 1.00 bits per heavy atom. The smallest absolute Gasteiger partial charge is 0.319 e. The number of ether oxygens (including phenoxy) is 1. The van der Waals surface area contributed by atoms with Gasteiger partial charge in [-0.3, -0.25) is 14.7 Å². The highest BCUT2D eigenvalue weighted by Crippen LogP contribution is 2.41. The maximum absolute atomic E-state index is 16.5. The molecular weight excluding hydrogens is 523 g/mol. The molecule has 10 heteroatoms. The summed E-state index contributed by atoms with van der Waals surface area (Å²) >= 11 is 0. The van der Waals surface area contributed by atoms with Crippen LogP contribution in [0.5, 0.6) is 11.8 Å². The molecule has 6 heterocycles. The minimum absolute atomic E-state index is 0.0208. The Morgan fingerprint density at radius 2 is 1.78 bits per heavy atom. The second-order valence-electron chi connectivity index (χ2n) is 12.0. The number of hydrogen-bond acceptors (Lipinski definition) is 9. The first kappa shape index (κ1) is 25.1. The van der Waals surface area contributed by atoms with E-state index in [9.17, 15) is 5.11 Å². The molecule has 9 nitrogen and oxygen atoms in total. The van der Waals surface area contributed by atoms with Crippen LogP contribution in [0, 0.1) is 5.82 Å². The Hall–Kier alpha value is -3.60. The molecule has 41 heavy (non-hydrogen) atoms. The molecule has 0 amide bonds. The van der Waals surface area contributed by atoms with E-state index in [1.807, 2.05) is 24.3 Å². The van der Waals surface area contributed by atoms with Crippen molar-refractivity contribution in [1.29, 1.82) is 0 Å². The van der Waals surface area contributed by atoms with Crippen molar-refractivity contribution in [2.45, 2.75) is 49.7 Å². The summed E-state index contributed by atoms with van der Waals surface area (Å²) in [6, 6.07) is 11.0. The fourth-order valence-electron chi connectivity index (χ4n) is 7.35. The SMILES string of the molecule is Oc1cc(-c2ncc3c(N4CCC5(CC4)CNO5)nc(OCC45CCCN4CCC5)nc3c2F)c2ccccc2c1. The molecule has 4 fully saturated rings. The summed E-state index contributed by atoms with van der Waals surface area (Å²) < 4.78 is 22.9. The maximum atomic E-state index is 16.5. The Balaban J connectivity index is 1.22. The quantitative estimate of drug-likeness (QED) is 0.367. The molecule has 4 aromatic rings. The zero-order valence-corrected chi connectivity index (χ0v) is 22.9. The van der Waals surface area contributed by atoms with Gasteiger partial charge in [0.25, 0.3) is 0 Å². The zero-order valence-electron chi connectivity index (χ0n) is 22.9. The molecule has 1 spiro atoms. The van der Waals surface area contributed by atoms with Crippen LogP contribution in [0.25, 0.3) is 32.9 Å². The third kappa shape index (κ3) is 4.11. The molecule has 8 rings (SSSR count). The van der Waals surface area contributed by atoms with Gasteiger partial charge in [-0.15, -0.1) is 0 Å². The number of fused-ring (bicyclic) bond motifs is 3. The van der Waals surface area contributed by atoms with Gasteiger partial charge >= 0.3 is 6.01 Å². The van der Waals surface area contributed by atoms with Gasteiger partial charge in [0.2, 0.25) is 0 Å². The van der Waals surface area contributed by atoms with Crippen molar-refractivity contribution in [2.24, 2.45) is 0 Å². The standard InChI is InChI=1S/C31H33FN6O3/c32-25-26(23-16-21(39)15-20-5-1-2-6-22(20)23)33-17-24-27(25)35-29(40-19-30-7-3-11-38(30)12-4-8-30)36-28(24)37-13-9-31(10-14-37)18-34-41-31/h1-2,5-6,15-17,34,39H,3-4,7-14,18-19H2. The Morgan fingerprint density at radius 3 is 2.54 bits per heavy atom. The largest absolute Gasteiger partial charge is 0.508 e. The number of nitrogens with one attached hydrogen (secondary N) is 1. The average molecular weight is 557 g/mol. The number of halogens is 1. The van der Waals surface area contributed by atoms with Crippen molar-refractivity contribution in [3.8, 4) is 23.0 Å². The average Bonchev–Trinajstić information content (AvgIpc) is 3.56. The molecule has 0 radical (unpaired) electrons. The summed E-state index contributed by atoms with van der Waals surface area (Å²) in [6.45, 7) is 4.99. The summed E-state index contributed by atoms with van der Waals surface area (Å²) in [6.07, 6.45) is 7.89. The molecular formula is C31H33FN6O3. The summed E-state index contributed by atoms with van der Waals surface area (Å²) in [5.41, 5.74) is 3.66. The topological polar surface area (TPSA) is 95.9 Å². The number of aromatic hydroxyl groups is 1. The van der Waals surface area contributed by atoms with Crippen LogP contribution in [0.1, 0.15) is 38.5 Å². The van der Waals surface area contributed by atoms with E-state index in [4.69, 9.17) is 14.6 Å². The number of hydrogen-bond donors (Lipinski definition) is 2. The Bertz CT molecular complexity index is 1640. The van der Waals surface area contributed by atoms with Crippen LogP contribution < -0.4 is 15.1 Å². The van der Waals surface area contributed by atoms with Gasteiger partial charge in [0.05, 0.1) is 17.5 Å². The van der Waals surface area contributed by atoms with Crippen molar-refractivity contribution in [3.63, 3.8) is 0 Å². The minimum atomic E-state index is -0.548. The second-order valence-corrected chi connectivity index (χ2v) is 12.0. The number of phenols is 1. The fraction of sp³-hybridized carbons (Fsp3) is 0.452. The number of hydroxylamine groups is 1. The number of aromatic nitrogens is 3. The molecule has 2 aromatic carbocycles. The van der Waals surface area contributed by atoms with Gasteiger partial charge in [-0.05, 0) is 74.5 Å². The van der Waals surface area contributed by atoms with Crippen LogP contribution in [-0.2, 0) is 4.84 Å². The van der Waals surface area contributed by atoms with E-state index >= 15 is 4.39 Å². The Labute approximate surface area is 237 Å². The van der Waals surface area contributed by atoms with Gasteiger partial charge < -0.3 is 14.7 Å². The van der Waals surface area contributed by atoms with E-state index in [1.165, 1.54) is 12.8 Å². The number of nitrogens with zero attached hydrogens (tertiary/aromatic N) is 5. The summed E-state index contributed by atoms with van der Waals surface area (Å²) in [5, 5.41) is 12.6. The first-order valence-corrected chi connectivity index (χ1v) is 14.6. The van der Waals surface area contributed by atoms with Crippen molar-refractivity contribution >= 4 is 27.5 Å². The molecule has 0 unspecified atom stereocenters. The molecule has 212 valence electrons. The molecule has 0 bridgehead atoms. The monoisotopic (exact) mass is 556 g/mol. The van der Waals surface area contributed by atoms with Crippen molar-refractivity contribution in [2.75, 3.05) is 44.2 Å². The van der Waals surface area contributed by atoms with E-state index in [0.717, 1.165) is 69.2 Å². The number of piperidine rings is 1. The number of benzene rings is 2. The summed E-state index contributed by atoms with van der Waals surface area (Å²) in [5.74, 6) is 0.144. The lowest BCUT2D eigenvalue weighted by molar-refractivity contribution is -0.213. The predicted molar refractivity (Wildman–Crippen MR) is 153 cm³/mol. The third-order valence-corrected chi connectivity index (χ3v) is 9.68. The molecule has 4 aliphatic heterocycles. The number of pyridine rings is 1. The van der Waals surface area contributed by atoms with Crippen LogP contribution >= 0.6 is 0 Å². The van der Waals surface area contributed by atoms with Gasteiger partial charge in [0, 0.05) is 24.8 Å². The van der Waals surface area contributed by atoms with E-state index < -0.39 is 5.82 Å². The molecule has 0 atom stereocenters. The van der Waals surface area contributed by atoms with Crippen LogP contribution in [0.3, 0.4) is 0 Å². The van der Waals surface area contributed by atoms with Gasteiger partial charge in [-0.25, -0.2) is 4.39 Å². The fourth-order valence-corrected chi connectivity index (χ4v) is 7.35. The predicted octanol–water partition coefficient (Wildman–Crippen LogP) is 4.57. The Kier molecular flexibility index (Phi) is 5.81. The molecule has 2 aromatic heterocycles. The van der Waals surface area contributed by atoms with E-state index in [0.29, 0.717) is 23.4 Å². The normalized spacial score (nSPS) is 21.4. The molecule has 0 aliphatic carbocycles. The molecule has 4 aliphatic rings. The highest BCUT2D eigenvalue weighted by molar-refractivity contribution is 5.99. The third-order valence-electron chi connectivity index (χ3n) is 9.68. The maximum Gasteiger partial charge on any atom is 0.319 e. The first-order chi connectivity index (χ1) is 20.0. The zero-order chi connectivity index (χ0) is 27.6. The van der Waals surface area contributed by atoms with E-state index in [2.05, 4.69) is 25.2 Å². The van der Waals surface area contributed by atoms with Crippen LogP contribution in [0.4, 0.5) is 10.2 Å². The lowest BCUT2D eigenvalue weighted by atomic mass is 9.89. The lowest BCUT2D eigenvalue weighted by Crippen LogP contribution is -2.61. The number of phenolic OH excluding ortho intramolecular Hbond substituents is 1. The first-order valence-electron chi connectivity index (χ1n) is 14.6. The number of rotatable bonds is 5. The number of anilines is 1. The van der Waals surface area contributed by atoms with Gasteiger partial charge in [-0.1, -0.05) is 24.3 Å². The van der Waals surface area contributed by atoms with Gasteiger partial charge in [0.1, 0.15) is 35.0 Å². The molecule has 4 saturated heterocycles. The van der Waals surface area contributed by atoms with Crippen LogP contribution in [0.15, 0.2) is 42.6 Å². The van der Waals surface area contributed by atoms with Crippen molar-refractivity contribution < 1.29 is 19.1 Å². The van der Waals surface area contributed by atoms with E-state index in [-0.39, 0.29) is 34.1 Å². The minimum Gasteiger partial charge on any atom is -0.508 e. The second kappa shape index (κ2) is 9.47.